The van der Waals surface area contributed by atoms with Crippen molar-refractivity contribution in [2.45, 2.75) is 52.5 Å². The topological polar surface area (TPSA) is 0 Å². The van der Waals surface area contributed by atoms with Crippen LogP contribution in [0, 0.1) is 13.8 Å². The fraction of sp³-hybridized carbons (Fsp3) is 0.400. The molecule has 0 N–H and O–H groups in total. The first-order valence-electron chi connectivity index (χ1n) is 8.98. The molecule has 1 unspecified atom stereocenters. The van der Waals surface area contributed by atoms with Crippen molar-refractivity contribution in [2.75, 3.05) is 0 Å². The number of thiophene rings is 3. The minimum absolute atomic E-state index is 0.969. The van der Waals surface area contributed by atoms with Crippen molar-refractivity contribution < 1.29 is 0 Å². The molecule has 0 amide bonds. The Labute approximate surface area is 158 Å². The van der Waals surface area contributed by atoms with E-state index >= 15 is 0 Å². The largest absolute Gasteiger partial charge is 0.140 e. The monoisotopic (exact) mass is 388 g/mol. The van der Waals surface area contributed by atoms with Gasteiger partial charge in [0.1, 0.15) is 8.80 Å². The molecule has 4 rings (SSSR count). The molecule has 3 aromatic heterocycles. The summed E-state index contributed by atoms with van der Waals surface area (Å²) < 4.78 is 0. The first kappa shape index (κ1) is 16.8. The van der Waals surface area contributed by atoms with Gasteiger partial charge < -0.3 is 0 Å². The Hall–Kier alpha value is -0.683. The standard InChI is InChI=1S/C20H24S3Si/c1-4-5-6-7-10-24-17-11-14(3)22-19(17)20-18(24)12-16(23-20)15-9-8-13(2)21-15/h8-9,11-12,24H,4-7,10H2,1-3H3. The lowest BCUT2D eigenvalue weighted by atomic mass is 10.2. The third-order valence-electron chi connectivity index (χ3n) is 4.93. The van der Waals surface area contributed by atoms with Crippen molar-refractivity contribution in [1.82, 2.24) is 0 Å². The minimum Gasteiger partial charge on any atom is -0.140 e. The quantitative estimate of drug-likeness (QED) is 0.356. The lowest BCUT2D eigenvalue weighted by Gasteiger charge is -2.09. The molecule has 0 aromatic carbocycles. The van der Waals surface area contributed by atoms with Crippen molar-refractivity contribution in [3.05, 3.63) is 34.0 Å². The predicted octanol–water partition coefficient (Wildman–Crippen LogP) is 6.06. The number of rotatable bonds is 6. The SMILES string of the molecule is CCCCCC[SiH]1c2cc(C)sc2-c2sc(-c3ccc(C)s3)cc21. The van der Waals surface area contributed by atoms with Gasteiger partial charge in [-0.1, -0.05) is 38.7 Å². The summed E-state index contributed by atoms with van der Waals surface area (Å²) in [5, 5.41) is 3.50. The first-order chi connectivity index (χ1) is 11.7. The number of fused-ring (bicyclic) bond motifs is 3. The van der Waals surface area contributed by atoms with E-state index in [1.807, 2.05) is 34.0 Å². The normalized spacial score (nSPS) is 15.7. The van der Waals surface area contributed by atoms with E-state index in [9.17, 15) is 0 Å². The van der Waals surface area contributed by atoms with E-state index < -0.39 is 8.80 Å². The van der Waals surface area contributed by atoms with Gasteiger partial charge in [0, 0.05) is 29.3 Å². The highest BCUT2D eigenvalue weighted by Crippen LogP contribution is 2.41. The zero-order chi connectivity index (χ0) is 16.7. The second kappa shape index (κ2) is 6.91. The molecular formula is C20H24S3Si. The highest BCUT2D eigenvalue weighted by molar-refractivity contribution is 7.30. The molecule has 126 valence electrons. The van der Waals surface area contributed by atoms with Crippen LogP contribution in [-0.4, -0.2) is 8.80 Å². The van der Waals surface area contributed by atoms with E-state index in [0.717, 1.165) is 0 Å². The summed E-state index contributed by atoms with van der Waals surface area (Å²) in [5.74, 6) is 0. The third-order valence-corrected chi connectivity index (χ3v) is 12.3. The fourth-order valence-electron chi connectivity index (χ4n) is 3.75. The van der Waals surface area contributed by atoms with E-state index in [1.165, 1.54) is 51.2 Å². The van der Waals surface area contributed by atoms with Crippen LogP contribution >= 0.6 is 34.0 Å². The molecule has 0 aliphatic carbocycles. The van der Waals surface area contributed by atoms with Crippen molar-refractivity contribution in [3.63, 3.8) is 0 Å². The van der Waals surface area contributed by atoms with E-state index in [0.29, 0.717) is 0 Å². The van der Waals surface area contributed by atoms with Crippen LogP contribution in [0.4, 0.5) is 0 Å². The van der Waals surface area contributed by atoms with Gasteiger partial charge in [0.25, 0.3) is 0 Å². The summed E-state index contributed by atoms with van der Waals surface area (Å²) in [6, 6.07) is 11.1. The lowest BCUT2D eigenvalue weighted by molar-refractivity contribution is 0.700. The molecule has 24 heavy (non-hydrogen) atoms. The number of unbranched alkanes of at least 4 members (excludes halogenated alkanes) is 3. The van der Waals surface area contributed by atoms with Gasteiger partial charge in [0.05, 0.1) is 0 Å². The van der Waals surface area contributed by atoms with Crippen LogP contribution in [0.2, 0.25) is 6.04 Å². The third kappa shape index (κ3) is 2.98. The number of hydrogen-bond acceptors (Lipinski definition) is 3. The average Bonchev–Trinajstić information content (AvgIpc) is 3.27. The summed E-state index contributed by atoms with van der Waals surface area (Å²) in [5.41, 5.74) is 0. The molecular weight excluding hydrogens is 365 g/mol. The van der Waals surface area contributed by atoms with Gasteiger partial charge in [0.2, 0.25) is 0 Å². The number of aryl methyl sites for hydroxylation is 2. The van der Waals surface area contributed by atoms with Crippen LogP contribution in [0.15, 0.2) is 24.3 Å². The van der Waals surface area contributed by atoms with Gasteiger partial charge in [0.15, 0.2) is 0 Å². The molecule has 0 saturated heterocycles. The summed E-state index contributed by atoms with van der Waals surface area (Å²) >= 11 is 6.02. The molecule has 0 fully saturated rings. The van der Waals surface area contributed by atoms with Crippen molar-refractivity contribution in [1.29, 1.82) is 0 Å². The van der Waals surface area contributed by atoms with Crippen molar-refractivity contribution >= 4 is 53.2 Å². The van der Waals surface area contributed by atoms with Gasteiger partial charge >= 0.3 is 0 Å². The molecule has 1 atom stereocenters. The molecule has 0 nitrogen and oxygen atoms in total. The predicted molar refractivity (Wildman–Crippen MR) is 116 cm³/mol. The Morgan fingerprint density at radius 2 is 1.58 bits per heavy atom. The Kier molecular flexibility index (Phi) is 4.83. The van der Waals surface area contributed by atoms with Gasteiger partial charge in [-0.25, -0.2) is 0 Å². The molecule has 1 aliphatic heterocycles. The van der Waals surface area contributed by atoms with Crippen LogP contribution < -0.4 is 10.4 Å². The summed E-state index contributed by atoms with van der Waals surface area (Å²) in [7, 11) is -0.969. The van der Waals surface area contributed by atoms with Crippen LogP contribution in [0.3, 0.4) is 0 Å². The van der Waals surface area contributed by atoms with Gasteiger partial charge in [-0.2, -0.15) is 0 Å². The maximum Gasteiger partial charge on any atom is 0.107 e. The maximum absolute atomic E-state index is 2.56. The average molecular weight is 389 g/mol. The van der Waals surface area contributed by atoms with Crippen LogP contribution in [-0.2, 0) is 0 Å². The highest BCUT2D eigenvalue weighted by Gasteiger charge is 2.33. The minimum atomic E-state index is -0.969. The van der Waals surface area contributed by atoms with Gasteiger partial charge in [-0.3, -0.25) is 0 Å². The Morgan fingerprint density at radius 3 is 2.33 bits per heavy atom. The summed E-state index contributed by atoms with van der Waals surface area (Å²) in [4.78, 5) is 9.12. The molecule has 0 bridgehead atoms. The summed E-state index contributed by atoms with van der Waals surface area (Å²) in [6.45, 7) is 6.80. The maximum atomic E-state index is 2.56. The Morgan fingerprint density at radius 1 is 0.792 bits per heavy atom. The lowest BCUT2D eigenvalue weighted by Crippen LogP contribution is -2.36. The van der Waals surface area contributed by atoms with Gasteiger partial charge in [-0.05, 0) is 48.5 Å². The van der Waals surface area contributed by atoms with Crippen LogP contribution in [0.1, 0.15) is 42.4 Å². The molecule has 0 saturated carbocycles. The van der Waals surface area contributed by atoms with Crippen LogP contribution in [0.25, 0.3) is 19.5 Å². The molecule has 1 aliphatic rings. The molecule has 0 radical (unpaired) electrons. The summed E-state index contributed by atoms with van der Waals surface area (Å²) in [6.07, 6.45) is 5.56. The van der Waals surface area contributed by atoms with Gasteiger partial charge in [-0.15, -0.1) is 34.0 Å². The van der Waals surface area contributed by atoms with E-state index in [4.69, 9.17) is 0 Å². The molecule has 4 heteroatoms. The second-order valence-corrected chi connectivity index (χ2v) is 13.4. The molecule has 0 spiro atoms. The Balaban J connectivity index is 1.68. The second-order valence-electron chi connectivity index (χ2n) is 6.85. The smallest absolute Gasteiger partial charge is 0.107 e. The Bertz CT molecular complexity index is 852. The van der Waals surface area contributed by atoms with E-state index in [2.05, 4.69) is 45.0 Å². The van der Waals surface area contributed by atoms with Crippen molar-refractivity contribution in [3.8, 4) is 19.5 Å². The molecule has 4 heterocycles. The highest BCUT2D eigenvalue weighted by atomic mass is 32.1. The number of hydrogen-bond donors (Lipinski definition) is 0. The first-order valence-corrected chi connectivity index (χ1v) is 13.4. The fourth-order valence-corrected chi connectivity index (χ4v) is 11.9. The molecule has 3 aromatic rings. The zero-order valence-electron chi connectivity index (χ0n) is 14.6. The van der Waals surface area contributed by atoms with E-state index in [-0.39, 0.29) is 0 Å². The zero-order valence-corrected chi connectivity index (χ0v) is 18.3. The van der Waals surface area contributed by atoms with Crippen molar-refractivity contribution in [2.24, 2.45) is 0 Å². The van der Waals surface area contributed by atoms with Crippen LogP contribution in [0.5, 0.6) is 0 Å². The van der Waals surface area contributed by atoms with E-state index in [1.54, 1.807) is 20.1 Å².